The van der Waals surface area contributed by atoms with Gasteiger partial charge in [0.15, 0.2) is 0 Å². The summed E-state index contributed by atoms with van der Waals surface area (Å²) in [4.78, 5) is 0. The Labute approximate surface area is 84.7 Å². The molecule has 1 aromatic rings. The lowest BCUT2D eigenvalue weighted by Crippen LogP contribution is -2.22. The molecule has 0 aromatic carbocycles. The highest BCUT2D eigenvalue weighted by molar-refractivity contribution is 5.33. The van der Waals surface area contributed by atoms with E-state index in [0.29, 0.717) is 0 Å². The molecule has 78 valence electrons. The number of aliphatic hydroxyl groups excluding tert-OH is 1. The topological polar surface area (TPSA) is 38.0 Å². The molecule has 3 nitrogen and oxygen atoms in total. The Morgan fingerprint density at radius 3 is 2.43 bits per heavy atom. The van der Waals surface area contributed by atoms with E-state index in [-0.39, 0.29) is 17.4 Å². The van der Waals surface area contributed by atoms with Gasteiger partial charge in [0.25, 0.3) is 0 Å². The van der Waals surface area contributed by atoms with Crippen LogP contribution >= 0.6 is 0 Å². The summed E-state index contributed by atoms with van der Waals surface area (Å²) in [6.07, 6.45) is 1.05. The van der Waals surface area contributed by atoms with Gasteiger partial charge in [0.1, 0.15) is 0 Å². The van der Waals surface area contributed by atoms with Crippen molar-refractivity contribution < 1.29 is 5.11 Å². The highest BCUT2D eigenvalue weighted by Crippen LogP contribution is 2.63. The molecule has 1 aromatic heterocycles. The van der Waals surface area contributed by atoms with Crippen LogP contribution in [0.15, 0.2) is 6.07 Å². The van der Waals surface area contributed by atoms with Gasteiger partial charge in [-0.2, -0.15) is 5.10 Å². The highest BCUT2D eigenvalue weighted by atomic mass is 16.3. The van der Waals surface area contributed by atoms with Crippen LogP contribution in [0.5, 0.6) is 0 Å². The minimum atomic E-state index is -0.0526. The van der Waals surface area contributed by atoms with Crippen molar-refractivity contribution in [2.75, 3.05) is 6.61 Å². The molecule has 0 radical (unpaired) electrons. The summed E-state index contributed by atoms with van der Waals surface area (Å²) in [5.74, 6) is 0. The minimum absolute atomic E-state index is 0.0526. The largest absolute Gasteiger partial charge is 0.395 e. The third-order valence-electron chi connectivity index (χ3n) is 3.68. The van der Waals surface area contributed by atoms with Gasteiger partial charge in [-0.1, -0.05) is 13.8 Å². The Morgan fingerprint density at radius 1 is 1.57 bits per heavy atom. The first-order valence-electron chi connectivity index (χ1n) is 5.05. The Bertz CT molecular complexity index is 367. The van der Waals surface area contributed by atoms with Crippen molar-refractivity contribution in [2.45, 2.75) is 32.6 Å². The third-order valence-corrected chi connectivity index (χ3v) is 3.68. The molecule has 0 saturated heterocycles. The second-order valence-corrected chi connectivity index (χ2v) is 5.10. The zero-order chi connectivity index (χ0) is 10.6. The molecule has 14 heavy (non-hydrogen) atoms. The lowest BCUT2D eigenvalue weighted by molar-refractivity contribution is 0.225. The average molecular weight is 194 g/mol. The van der Waals surface area contributed by atoms with Crippen molar-refractivity contribution >= 4 is 0 Å². The maximum Gasteiger partial charge on any atom is 0.0596 e. The molecule has 1 N–H and O–H groups in total. The molecule has 0 aliphatic heterocycles. The van der Waals surface area contributed by atoms with E-state index >= 15 is 0 Å². The fourth-order valence-electron chi connectivity index (χ4n) is 2.56. The van der Waals surface area contributed by atoms with Crippen LogP contribution < -0.4 is 0 Å². The average Bonchev–Trinajstić information content (AvgIpc) is 2.48. The van der Waals surface area contributed by atoms with Crippen molar-refractivity contribution in [3.05, 3.63) is 17.5 Å². The Kier molecular flexibility index (Phi) is 1.80. The van der Waals surface area contributed by atoms with E-state index in [4.69, 9.17) is 0 Å². The zero-order valence-corrected chi connectivity index (χ0v) is 9.33. The van der Waals surface area contributed by atoms with E-state index in [1.54, 1.807) is 0 Å². The number of aromatic nitrogens is 2. The van der Waals surface area contributed by atoms with Crippen molar-refractivity contribution in [1.82, 2.24) is 9.78 Å². The maximum absolute atomic E-state index is 9.54. The molecule has 0 bridgehead atoms. The summed E-state index contributed by atoms with van der Waals surface area (Å²) in [6, 6.07) is 2.09. The molecule has 1 aliphatic rings. The molecule has 0 spiro atoms. The SMILES string of the molecule is Cc1cc(C2(CO)CC2(C)C)n(C)n1. The van der Waals surface area contributed by atoms with E-state index in [1.807, 2.05) is 18.7 Å². The summed E-state index contributed by atoms with van der Waals surface area (Å²) in [7, 11) is 1.95. The number of aliphatic hydroxyl groups is 1. The lowest BCUT2D eigenvalue weighted by Gasteiger charge is -2.17. The van der Waals surface area contributed by atoms with E-state index in [0.717, 1.165) is 12.1 Å². The second kappa shape index (κ2) is 2.60. The standard InChI is InChI=1S/C11H18N2O/c1-8-5-9(13(4)12-8)11(7-14)6-10(11,2)3/h5,14H,6-7H2,1-4H3. The van der Waals surface area contributed by atoms with E-state index in [2.05, 4.69) is 25.0 Å². The van der Waals surface area contributed by atoms with Crippen LogP contribution in [0.3, 0.4) is 0 Å². The van der Waals surface area contributed by atoms with Crippen LogP contribution in [-0.2, 0) is 12.5 Å². The predicted molar refractivity (Wildman–Crippen MR) is 55.1 cm³/mol. The van der Waals surface area contributed by atoms with Gasteiger partial charge in [0.05, 0.1) is 12.3 Å². The zero-order valence-electron chi connectivity index (χ0n) is 9.33. The fourth-order valence-corrected chi connectivity index (χ4v) is 2.56. The van der Waals surface area contributed by atoms with Gasteiger partial charge in [-0.05, 0) is 24.8 Å². The normalized spacial score (nSPS) is 29.2. The quantitative estimate of drug-likeness (QED) is 0.772. The van der Waals surface area contributed by atoms with Gasteiger partial charge >= 0.3 is 0 Å². The molecule has 3 heteroatoms. The smallest absolute Gasteiger partial charge is 0.0596 e. The van der Waals surface area contributed by atoms with E-state index in [1.165, 1.54) is 5.69 Å². The molecule has 2 rings (SSSR count). The van der Waals surface area contributed by atoms with Gasteiger partial charge in [-0.15, -0.1) is 0 Å². The molecule has 1 atom stereocenters. The first kappa shape index (κ1) is 9.71. The minimum Gasteiger partial charge on any atom is -0.395 e. The second-order valence-electron chi connectivity index (χ2n) is 5.10. The first-order chi connectivity index (χ1) is 6.43. The molecule has 1 unspecified atom stereocenters. The Hall–Kier alpha value is -0.830. The van der Waals surface area contributed by atoms with E-state index < -0.39 is 0 Å². The number of nitrogens with zero attached hydrogens (tertiary/aromatic N) is 2. The molecule has 1 heterocycles. The number of hydrogen-bond donors (Lipinski definition) is 1. The summed E-state index contributed by atoms with van der Waals surface area (Å²) >= 11 is 0. The monoisotopic (exact) mass is 194 g/mol. The summed E-state index contributed by atoms with van der Waals surface area (Å²) < 4.78 is 1.90. The van der Waals surface area contributed by atoms with Crippen LogP contribution in [-0.4, -0.2) is 21.5 Å². The molecule has 1 aliphatic carbocycles. The Balaban J connectivity index is 2.45. The van der Waals surface area contributed by atoms with Gasteiger partial charge in [0.2, 0.25) is 0 Å². The third kappa shape index (κ3) is 1.05. The molecular formula is C11H18N2O. The van der Waals surface area contributed by atoms with Crippen LogP contribution in [0.2, 0.25) is 0 Å². The summed E-state index contributed by atoms with van der Waals surface area (Å²) in [5, 5.41) is 13.9. The van der Waals surface area contributed by atoms with Gasteiger partial charge < -0.3 is 5.11 Å². The van der Waals surface area contributed by atoms with Crippen molar-refractivity contribution in [2.24, 2.45) is 12.5 Å². The van der Waals surface area contributed by atoms with Crippen LogP contribution in [0.1, 0.15) is 31.7 Å². The van der Waals surface area contributed by atoms with Crippen molar-refractivity contribution in [3.8, 4) is 0 Å². The van der Waals surface area contributed by atoms with Gasteiger partial charge in [-0.25, -0.2) is 0 Å². The predicted octanol–water partition coefficient (Wildman–Crippen LogP) is 1.39. The Morgan fingerprint density at radius 2 is 2.14 bits per heavy atom. The number of rotatable bonds is 2. The molecular weight excluding hydrogens is 176 g/mol. The maximum atomic E-state index is 9.54. The van der Waals surface area contributed by atoms with Gasteiger partial charge in [-0.3, -0.25) is 4.68 Å². The van der Waals surface area contributed by atoms with Crippen molar-refractivity contribution in [3.63, 3.8) is 0 Å². The molecule has 0 amide bonds. The van der Waals surface area contributed by atoms with Crippen molar-refractivity contribution in [1.29, 1.82) is 0 Å². The molecule has 1 fully saturated rings. The number of aryl methyl sites for hydroxylation is 2. The fraction of sp³-hybridized carbons (Fsp3) is 0.727. The summed E-state index contributed by atoms with van der Waals surface area (Å²) in [5.41, 5.74) is 2.35. The van der Waals surface area contributed by atoms with E-state index in [9.17, 15) is 5.11 Å². The number of hydrogen-bond acceptors (Lipinski definition) is 2. The lowest BCUT2D eigenvalue weighted by atomic mass is 9.93. The molecule has 1 saturated carbocycles. The van der Waals surface area contributed by atoms with Gasteiger partial charge in [0, 0.05) is 18.2 Å². The van der Waals surface area contributed by atoms with Crippen LogP contribution in [0, 0.1) is 12.3 Å². The van der Waals surface area contributed by atoms with Crippen LogP contribution in [0.25, 0.3) is 0 Å². The highest BCUT2D eigenvalue weighted by Gasteiger charge is 2.63. The summed E-state index contributed by atoms with van der Waals surface area (Å²) in [6.45, 7) is 6.61. The van der Waals surface area contributed by atoms with Crippen LogP contribution in [0.4, 0.5) is 0 Å². The first-order valence-corrected chi connectivity index (χ1v) is 5.05.